The first-order valence-electron chi connectivity index (χ1n) is 1.82. The third kappa shape index (κ3) is 0.513. The zero-order chi connectivity index (χ0) is 5.28. The van der Waals surface area contributed by atoms with E-state index in [1.165, 1.54) is 12.3 Å². The fraction of sp³-hybridized carbons (Fsp3) is 0. The van der Waals surface area contributed by atoms with Crippen LogP contribution < -0.4 is 5.73 Å². The number of furan rings is 1. The van der Waals surface area contributed by atoms with Crippen molar-refractivity contribution in [2.75, 3.05) is 5.73 Å². The van der Waals surface area contributed by atoms with E-state index in [1.807, 2.05) is 0 Å². The summed E-state index contributed by atoms with van der Waals surface area (Å²) in [6, 6.07) is 1.38. The van der Waals surface area contributed by atoms with Crippen LogP contribution in [0, 0.1) is 0 Å². The molecule has 0 amide bonds. The van der Waals surface area contributed by atoms with E-state index in [0.29, 0.717) is 0 Å². The van der Waals surface area contributed by atoms with Crippen molar-refractivity contribution < 1.29 is 9.52 Å². The molecular formula is C4H5NO2. The second-order valence-corrected chi connectivity index (χ2v) is 1.17. The van der Waals surface area contributed by atoms with Crippen molar-refractivity contribution in [3.8, 4) is 5.75 Å². The standard InChI is InChI=1S/C4H5NO2/c5-4-3(6)1-2-7-4/h1-2,6H,5H2. The highest BCUT2D eigenvalue weighted by Gasteiger charge is 1.93. The summed E-state index contributed by atoms with van der Waals surface area (Å²) < 4.78 is 4.49. The van der Waals surface area contributed by atoms with Gasteiger partial charge in [-0.2, -0.15) is 0 Å². The molecule has 7 heavy (non-hydrogen) atoms. The quantitative estimate of drug-likeness (QED) is 0.499. The Morgan fingerprint density at radius 2 is 2.43 bits per heavy atom. The molecule has 38 valence electrons. The number of rotatable bonds is 0. The first-order valence-corrected chi connectivity index (χ1v) is 1.82. The molecule has 3 N–H and O–H groups in total. The summed E-state index contributed by atoms with van der Waals surface area (Å²) >= 11 is 0. The van der Waals surface area contributed by atoms with Crippen molar-refractivity contribution in [1.82, 2.24) is 0 Å². The molecule has 1 aromatic heterocycles. The minimum atomic E-state index is 0.000000000000000222. The zero-order valence-corrected chi connectivity index (χ0v) is 3.59. The summed E-state index contributed by atoms with van der Waals surface area (Å²) in [6.07, 6.45) is 1.32. The monoisotopic (exact) mass is 99.0 g/mol. The summed E-state index contributed by atoms with van der Waals surface area (Å²) in [4.78, 5) is 0. The van der Waals surface area contributed by atoms with Crippen molar-refractivity contribution in [2.45, 2.75) is 0 Å². The largest absolute Gasteiger partial charge is 0.503 e. The van der Waals surface area contributed by atoms with E-state index in [4.69, 9.17) is 10.8 Å². The summed E-state index contributed by atoms with van der Waals surface area (Å²) in [6.45, 7) is 0. The molecule has 0 aliphatic heterocycles. The molecule has 0 atom stereocenters. The van der Waals surface area contributed by atoms with Crippen LogP contribution in [0.2, 0.25) is 0 Å². The molecule has 1 aromatic rings. The lowest BCUT2D eigenvalue weighted by atomic mass is 10.6. The zero-order valence-electron chi connectivity index (χ0n) is 3.59. The van der Waals surface area contributed by atoms with Crippen LogP contribution in [0.3, 0.4) is 0 Å². The summed E-state index contributed by atoms with van der Waals surface area (Å²) in [7, 11) is 0. The number of nitrogens with two attached hydrogens (primary N) is 1. The molecule has 0 unspecified atom stereocenters. The maximum atomic E-state index is 8.54. The van der Waals surface area contributed by atoms with Gasteiger partial charge in [0.15, 0.2) is 5.75 Å². The molecule has 0 aliphatic carbocycles. The lowest BCUT2D eigenvalue weighted by Gasteiger charge is -1.79. The first-order chi connectivity index (χ1) is 3.30. The molecule has 0 saturated heterocycles. The third-order valence-electron chi connectivity index (χ3n) is 0.673. The Balaban J connectivity index is 3.12. The molecule has 1 rings (SSSR count). The van der Waals surface area contributed by atoms with Crippen molar-refractivity contribution >= 4 is 5.88 Å². The Bertz CT molecular complexity index is 142. The normalized spacial score (nSPS) is 9.14. The van der Waals surface area contributed by atoms with Crippen molar-refractivity contribution in [1.29, 1.82) is 0 Å². The third-order valence-corrected chi connectivity index (χ3v) is 0.673. The average molecular weight is 99.1 g/mol. The Morgan fingerprint density at radius 3 is 2.57 bits per heavy atom. The number of hydrogen-bond donors (Lipinski definition) is 2. The fourth-order valence-corrected chi connectivity index (χ4v) is 0.314. The van der Waals surface area contributed by atoms with Gasteiger partial charge in [-0.3, -0.25) is 0 Å². The van der Waals surface area contributed by atoms with Crippen LogP contribution in [-0.4, -0.2) is 5.11 Å². The van der Waals surface area contributed by atoms with Crippen LogP contribution >= 0.6 is 0 Å². The highest BCUT2D eigenvalue weighted by Crippen LogP contribution is 2.18. The van der Waals surface area contributed by atoms with Gasteiger partial charge in [0.2, 0.25) is 5.88 Å². The van der Waals surface area contributed by atoms with Gasteiger partial charge in [0.25, 0.3) is 0 Å². The van der Waals surface area contributed by atoms with Gasteiger partial charge in [-0.05, 0) is 0 Å². The molecule has 0 bridgehead atoms. The Morgan fingerprint density at radius 1 is 1.71 bits per heavy atom. The molecule has 0 saturated carbocycles. The van der Waals surface area contributed by atoms with Crippen LogP contribution in [0.4, 0.5) is 5.88 Å². The van der Waals surface area contributed by atoms with Crippen molar-refractivity contribution in [3.05, 3.63) is 12.3 Å². The van der Waals surface area contributed by atoms with Gasteiger partial charge in [-0.25, -0.2) is 0 Å². The smallest absolute Gasteiger partial charge is 0.232 e. The van der Waals surface area contributed by atoms with Gasteiger partial charge in [0.05, 0.1) is 6.26 Å². The lowest BCUT2D eigenvalue weighted by molar-refractivity contribution is 0.467. The van der Waals surface area contributed by atoms with E-state index in [2.05, 4.69) is 4.42 Å². The van der Waals surface area contributed by atoms with E-state index in [0.717, 1.165) is 0 Å². The fourth-order valence-electron chi connectivity index (χ4n) is 0.314. The number of hydrogen-bond acceptors (Lipinski definition) is 3. The second-order valence-electron chi connectivity index (χ2n) is 1.17. The van der Waals surface area contributed by atoms with Crippen LogP contribution in [-0.2, 0) is 0 Å². The molecule has 0 fully saturated rings. The molecule has 3 nitrogen and oxygen atoms in total. The molecule has 0 aromatic carbocycles. The lowest BCUT2D eigenvalue weighted by Crippen LogP contribution is -1.77. The summed E-state index contributed by atoms with van der Waals surface area (Å²) in [5, 5.41) is 8.54. The van der Waals surface area contributed by atoms with Gasteiger partial charge in [-0.1, -0.05) is 0 Å². The molecule has 0 aliphatic rings. The highest BCUT2D eigenvalue weighted by atomic mass is 16.4. The predicted molar refractivity (Wildman–Crippen MR) is 24.8 cm³/mol. The molecule has 1 heterocycles. The van der Waals surface area contributed by atoms with Crippen LogP contribution in [0.1, 0.15) is 0 Å². The number of nitrogen functional groups attached to an aromatic ring is 1. The minimum absolute atomic E-state index is 0.000000000000000222. The maximum absolute atomic E-state index is 8.54. The van der Waals surface area contributed by atoms with Crippen LogP contribution in [0.25, 0.3) is 0 Å². The first kappa shape index (κ1) is 4.05. The molecule has 0 spiro atoms. The van der Waals surface area contributed by atoms with Gasteiger partial charge in [0.1, 0.15) is 0 Å². The minimum Gasteiger partial charge on any atom is -0.503 e. The topological polar surface area (TPSA) is 59.4 Å². The Kier molecular flexibility index (Phi) is 0.685. The number of anilines is 1. The van der Waals surface area contributed by atoms with E-state index < -0.39 is 0 Å². The van der Waals surface area contributed by atoms with Crippen molar-refractivity contribution in [3.63, 3.8) is 0 Å². The molecule has 0 radical (unpaired) electrons. The molecule has 3 heteroatoms. The van der Waals surface area contributed by atoms with E-state index >= 15 is 0 Å². The van der Waals surface area contributed by atoms with Crippen LogP contribution in [0.15, 0.2) is 16.7 Å². The predicted octanol–water partition coefficient (Wildman–Crippen LogP) is 0.567. The van der Waals surface area contributed by atoms with Gasteiger partial charge < -0.3 is 15.3 Å². The summed E-state index contributed by atoms with van der Waals surface area (Å²) in [5.74, 6) is 0.0694. The van der Waals surface area contributed by atoms with Gasteiger partial charge >= 0.3 is 0 Å². The van der Waals surface area contributed by atoms with E-state index in [9.17, 15) is 0 Å². The highest BCUT2D eigenvalue weighted by molar-refractivity contribution is 5.40. The van der Waals surface area contributed by atoms with Gasteiger partial charge in [0, 0.05) is 6.07 Å². The summed E-state index contributed by atoms with van der Waals surface area (Å²) in [5.41, 5.74) is 5.02. The average Bonchev–Trinajstić information content (AvgIpc) is 1.91. The van der Waals surface area contributed by atoms with Gasteiger partial charge in [-0.15, -0.1) is 0 Å². The van der Waals surface area contributed by atoms with E-state index in [-0.39, 0.29) is 11.6 Å². The maximum Gasteiger partial charge on any atom is 0.232 e. The van der Waals surface area contributed by atoms with Crippen LogP contribution in [0.5, 0.6) is 5.75 Å². The number of aromatic hydroxyl groups is 1. The van der Waals surface area contributed by atoms with Crippen molar-refractivity contribution in [2.24, 2.45) is 0 Å². The second kappa shape index (κ2) is 1.18. The SMILES string of the molecule is Nc1occc1O. The molecular weight excluding hydrogens is 94.0 g/mol. The van der Waals surface area contributed by atoms with E-state index in [1.54, 1.807) is 0 Å². The Hall–Kier alpha value is -1.12. The Labute approximate surface area is 40.4 Å².